The smallest absolute Gasteiger partial charge is 0.148 e. The van der Waals surface area contributed by atoms with Gasteiger partial charge < -0.3 is 16.1 Å². The summed E-state index contributed by atoms with van der Waals surface area (Å²) in [5.74, 6) is 0. The first kappa shape index (κ1) is 28.9. The molecular weight excluding hydrogens is 623 g/mol. The Labute approximate surface area is 265 Å². The molecule has 1 saturated carbocycles. The number of benzene rings is 3. The molecule has 11 heteroatoms. The van der Waals surface area contributed by atoms with Gasteiger partial charge in [0.25, 0.3) is 0 Å². The van der Waals surface area contributed by atoms with Gasteiger partial charge in [0.15, 0.2) is 0 Å². The van der Waals surface area contributed by atoms with Crippen molar-refractivity contribution in [3.05, 3.63) is 111 Å². The van der Waals surface area contributed by atoms with Gasteiger partial charge in [0.2, 0.25) is 0 Å². The lowest BCUT2D eigenvalue weighted by Gasteiger charge is -2.34. The summed E-state index contributed by atoms with van der Waals surface area (Å²) in [5.41, 5.74) is 11.4. The monoisotopic (exact) mass is 650 g/mol. The molecule has 3 aromatic carbocycles. The Hall–Kier alpha value is -4.22. The molecule has 0 radical (unpaired) electrons. The predicted octanol–water partition coefficient (Wildman–Crippen LogP) is 6.21. The number of hydrogen-bond acceptors (Lipinski definition) is 8. The average Bonchev–Trinajstić information content (AvgIpc) is 3.75. The van der Waals surface area contributed by atoms with Gasteiger partial charge in [0.1, 0.15) is 13.9 Å². The molecule has 1 aliphatic heterocycles. The van der Waals surface area contributed by atoms with Crippen molar-refractivity contribution in [2.45, 2.75) is 43.2 Å². The molecule has 2 atom stereocenters. The molecule has 1 fully saturated rings. The maximum Gasteiger partial charge on any atom is 0.148 e. The van der Waals surface area contributed by atoms with Crippen LogP contribution in [0.4, 0.5) is 11.4 Å². The Morgan fingerprint density at radius 2 is 1.91 bits per heavy atom. The second-order valence-corrected chi connectivity index (χ2v) is 12.2. The number of fused-ring (bicyclic) bond motifs is 1. The summed E-state index contributed by atoms with van der Waals surface area (Å²) in [5, 5.41) is 30.4. The Morgan fingerprint density at radius 3 is 2.63 bits per heavy atom. The van der Waals surface area contributed by atoms with Crippen molar-refractivity contribution in [3.63, 3.8) is 0 Å². The lowest BCUT2D eigenvalue weighted by molar-refractivity contribution is 0.260. The predicted molar refractivity (Wildman–Crippen MR) is 176 cm³/mol. The zero-order valence-corrected chi connectivity index (χ0v) is 25.9. The Kier molecular flexibility index (Phi) is 8.18. The fraction of sp³-hybridized carbons (Fsp3) is 0.219. The largest absolute Gasteiger partial charge is 0.378 e. The maximum atomic E-state index is 10.1. The Morgan fingerprint density at radius 1 is 1.14 bits per heavy atom. The zero-order chi connectivity index (χ0) is 30.0. The van der Waals surface area contributed by atoms with Crippen molar-refractivity contribution in [3.8, 4) is 12.1 Å². The van der Waals surface area contributed by atoms with Crippen LogP contribution in [0, 0.1) is 22.7 Å². The van der Waals surface area contributed by atoms with E-state index in [1.165, 1.54) is 0 Å². The molecule has 0 bridgehead atoms. The van der Waals surface area contributed by atoms with Crippen molar-refractivity contribution in [1.29, 1.82) is 10.5 Å². The molecular formula is C32H29BBrClN8. The van der Waals surface area contributed by atoms with Crippen molar-refractivity contribution in [2.75, 3.05) is 10.6 Å². The topological polar surface area (TPSA) is 112 Å². The van der Waals surface area contributed by atoms with Crippen LogP contribution in [0.5, 0.6) is 0 Å². The van der Waals surface area contributed by atoms with E-state index >= 15 is 0 Å². The van der Waals surface area contributed by atoms with Gasteiger partial charge >= 0.3 is 0 Å². The van der Waals surface area contributed by atoms with Crippen LogP contribution in [0.2, 0.25) is 5.02 Å². The van der Waals surface area contributed by atoms with E-state index in [1.54, 1.807) is 6.20 Å². The molecule has 214 valence electrons. The third-order valence-electron chi connectivity index (χ3n) is 7.98. The minimum absolute atomic E-state index is 0.172. The van der Waals surface area contributed by atoms with Crippen LogP contribution in [-0.2, 0) is 5.44 Å². The molecule has 2 heterocycles. The van der Waals surface area contributed by atoms with Crippen molar-refractivity contribution in [2.24, 2.45) is 0 Å². The average molecular weight is 652 g/mol. The first-order valence-electron chi connectivity index (χ1n) is 14.2. The van der Waals surface area contributed by atoms with Gasteiger partial charge in [-0.05, 0) is 64.5 Å². The number of halogens is 2. The molecule has 1 unspecified atom stereocenters. The van der Waals surface area contributed by atoms with Gasteiger partial charge in [0.05, 0.1) is 40.0 Å². The lowest BCUT2D eigenvalue weighted by Crippen LogP contribution is -2.45. The molecule has 0 amide bonds. The maximum absolute atomic E-state index is 10.1. The number of pyridine rings is 1. The summed E-state index contributed by atoms with van der Waals surface area (Å²) in [4.78, 5) is 4.63. The zero-order valence-electron chi connectivity index (χ0n) is 23.5. The van der Waals surface area contributed by atoms with E-state index < -0.39 is 5.44 Å². The van der Waals surface area contributed by atoms with E-state index in [0.717, 1.165) is 50.7 Å². The Bertz CT molecular complexity index is 1780. The normalized spacial score (nSPS) is 16.4. The molecule has 6 rings (SSSR count). The third-order valence-corrected chi connectivity index (χ3v) is 8.92. The van der Waals surface area contributed by atoms with Gasteiger partial charge in [0, 0.05) is 45.4 Å². The minimum atomic E-state index is -0.741. The highest BCUT2D eigenvalue weighted by molar-refractivity contribution is 9.10. The van der Waals surface area contributed by atoms with Crippen LogP contribution in [0.3, 0.4) is 0 Å². The molecule has 0 spiro atoms. The number of hydrogen-bond donors (Lipinski definition) is 4. The van der Waals surface area contributed by atoms with Crippen molar-refractivity contribution in [1.82, 2.24) is 21.0 Å². The van der Waals surface area contributed by atoms with E-state index in [0.29, 0.717) is 35.2 Å². The van der Waals surface area contributed by atoms with Gasteiger partial charge in [-0.25, -0.2) is 0 Å². The standard InChI is InChI=1S/C32H29BBrClN8/c33-32(25-9-4-5-10-27(25)35,29-19-43(42-41-29)23-12-13-23)40-22-15-24-30(21(17-37)18-38-31(24)26(34)16-22)39-28(11-6-14-36)20-7-2-1-3-8-20/h1-5,7-10,15-16,18-19,23,28,40-42H,6,11-13,33H2,(H,38,39)/t28-,32?/m1/s1. The highest BCUT2D eigenvalue weighted by Crippen LogP contribution is 2.40. The second-order valence-electron chi connectivity index (χ2n) is 11.0. The molecule has 43 heavy (non-hydrogen) atoms. The third kappa shape index (κ3) is 5.87. The number of aromatic nitrogens is 1. The number of rotatable bonds is 10. The van der Waals surface area contributed by atoms with Crippen molar-refractivity contribution >= 4 is 57.7 Å². The summed E-state index contributed by atoms with van der Waals surface area (Å²) >= 11 is 10.5. The molecule has 1 aromatic heterocycles. The number of nitriles is 2. The second kappa shape index (κ2) is 12.2. The van der Waals surface area contributed by atoms with E-state index in [2.05, 4.69) is 73.7 Å². The fourth-order valence-electron chi connectivity index (χ4n) is 5.53. The number of hydrazine groups is 2. The number of nitrogens with one attached hydrogen (secondary N) is 4. The van der Waals surface area contributed by atoms with E-state index in [9.17, 15) is 10.5 Å². The first-order chi connectivity index (χ1) is 20.9. The van der Waals surface area contributed by atoms with E-state index in [-0.39, 0.29) is 6.04 Å². The molecule has 1 aliphatic carbocycles. The Balaban J connectivity index is 1.45. The van der Waals surface area contributed by atoms with Crippen molar-refractivity contribution < 1.29 is 0 Å². The van der Waals surface area contributed by atoms with Crippen LogP contribution in [0.25, 0.3) is 10.9 Å². The summed E-state index contributed by atoms with van der Waals surface area (Å²) < 4.78 is 0.779. The highest BCUT2D eigenvalue weighted by atomic mass is 79.9. The SMILES string of the molecule is BC(Nc1cc(Br)c2ncc(C#N)c(N[C@H](CCC#N)c3ccccc3)c2c1)(C1=CN(C2CC2)NN1)c1ccccc1Cl. The summed E-state index contributed by atoms with van der Waals surface area (Å²) in [6, 6.07) is 26.7. The molecule has 2 aliphatic rings. The highest BCUT2D eigenvalue weighted by Gasteiger charge is 2.39. The molecule has 8 nitrogen and oxygen atoms in total. The summed E-state index contributed by atoms with van der Waals surface area (Å²) in [6.45, 7) is 0. The van der Waals surface area contributed by atoms with Gasteiger partial charge in [-0.15, -0.1) is 5.53 Å². The fourth-order valence-corrected chi connectivity index (χ4v) is 6.42. The van der Waals surface area contributed by atoms with E-state index in [4.69, 9.17) is 11.6 Å². The van der Waals surface area contributed by atoms with Crippen LogP contribution in [0.1, 0.15) is 48.4 Å². The van der Waals surface area contributed by atoms with Gasteiger partial charge in [-0.2, -0.15) is 10.5 Å². The summed E-state index contributed by atoms with van der Waals surface area (Å²) in [7, 11) is 2.10. The summed E-state index contributed by atoms with van der Waals surface area (Å²) in [6.07, 6.45) is 6.95. The number of nitrogens with zero attached hydrogens (tertiary/aromatic N) is 4. The first-order valence-corrected chi connectivity index (χ1v) is 15.3. The van der Waals surface area contributed by atoms with E-state index in [1.807, 2.05) is 66.7 Å². The van der Waals surface area contributed by atoms with Gasteiger partial charge in [-0.1, -0.05) is 60.1 Å². The quantitative estimate of drug-likeness (QED) is 0.150. The molecule has 0 saturated heterocycles. The van der Waals surface area contributed by atoms with Gasteiger partial charge in [-0.3, -0.25) is 9.99 Å². The van der Waals surface area contributed by atoms with Crippen LogP contribution < -0.4 is 21.6 Å². The minimum Gasteiger partial charge on any atom is -0.378 e. The number of anilines is 2. The van der Waals surface area contributed by atoms with Crippen LogP contribution in [0.15, 0.2) is 89.3 Å². The molecule has 4 N–H and O–H groups in total. The van der Waals surface area contributed by atoms with Crippen LogP contribution >= 0.6 is 27.5 Å². The molecule has 4 aromatic rings. The lowest BCUT2D eigenvalue weighted by atomic mass is 9.69. The van der Waals surface area contributed by atoms with Crippen LogP contribution in [-0.4, -0.2) is 23.9 Å².